The molecule has 0 fully saturated rings. The molecule has 0 atom stereocenters. The number of nitrogens with zero attached hydrogens (tertiary/aromatic N) is 5. The number of aromatic nitrogens is 4. The minimum Gasteiger partial charge on any atom is -0.331 e. The van der Waals surface area contributed by atoms with Crippen LogP contribution in [0, 0.1) is 6.92 Å². The molecule has 0 spiro atoms. The van der Waals surface area contributed by atoms with Crippen molar-refractivity contribution in [3.8, 4) is 22.8 Å². The number of rotatable bonds is 6. The maximum absolute atomic E-state index is 4.54. The first-order chi connectivity index (χ1) is 11.6. The summed E-state index contributed by atoms with van der Waals surface area (Å²) >= 11 is 0. The third-order valence-electron chi connectivity index (χ3n) is 4.02. The molecule has 5 nitrogen and oxygen atoms in total. The molecule has 3 aromatic rings. The van der Waals surface area contributed by atoms with Gasteiger partial charge in [0.1, 0.15) is 5.82 Å². The van der Waals surface area contributed by atoms with E-state index >= 15 is 0 Å². The first-order valence-corrected chi connectivity index (χ1v) is 8.19. The van der Waals surface area contributed by atoms with Gasteiger partial charge in [0.25, 0.3) is 0 Å². The summed E-state index contributed by atoms with van der Waals surface area (Å²) in [6, 6.07) is 8.16. The van der Waals surface area contributed by atoms with Crippen LogP contribution in [0.4, 0.5) is 0 Å². The Kier molecular flexibility index (Phi) is 5.01. The van der Waals surface area contributed by atoms with Crippen molar-refractivity contribution in [3.05, 3.63) is 54.6 Å². The summed E-state index contributed by atoms with van der Waals surface area (Å²) in [6.45, 7) is 4.07. The zero-order valence-electron chi connectivity index (χ0n) is 14.5. The van der Waals surface area contributed by atoms with Gasteiger partial charge in [-0.1, -0.05) is 24.3 Å². The molecule has 3 rings (SSSR count). The van der Waals surface area contributed by atoms with Crippen molar-refractivity contribution in [3.63, 3.8) is 0 Å². The maximum atomic E-state index is 4.54. The monoisotopic (exact) mass is 321 g/mol. The Morgan fingerprint density at radius 2 is 1.79 bits per heavy atom. The molecule has 0 saturated heterocycles. The second-order valence-corrected chi connectivity index (χ2v) is 6.21. The predicted molar refractivity (Wildman–Crippen MR) is 96.6 cm³/mol. The topological polar surface area (TPSA) is 46.8 Å². The molecule has 0 amide bonds. The fourth-order valence-corrected chi connectivity index (χ4v) is 2.71. The van der Waals surface area contributed by atoms with Gasteiger partial charge >= 0.3 is 0 Å². The normalized spacial score (nSPS) is 11.2. The maximum Gasteiger partial charge on any atom is 0.159 e. The smallest absolute Gasteiger partial charge is 0.159 e. The van der Waals surface area contributed by atoms with Crippen LogP contribution in [0.1, 0.15) is 12.0 Å². The fourth-order valence-electron chi connectivity index (χ4n) is 2.71. The lowest BCUT2D eigenvalue weighted by Gasteiger charge is -2.11. The Morgan fingerprint density at radius 3 is 2.50 bits per heavy atom. The summed E-state index contributed by atoms with van der Waals surface area (Å²) in [5.74, 6) is 1.67. The van der Waals surface area contributed by atoms with E-state index in [0.29, 0.717) is 0 Å². The van der Waals surface area contributed by atoms with Gasteiger partial charge in [0.2, 0.25) is 0 Å². The van der Waals surface area contributed by atoms with Gasteiger partial charge in [-0.05, 0) is 39.5 Å². The Bertz CT molecular complexity index is 790. The van der Waals surface area contributed by atoms with E-state index in [9.17, 15) is 0 Å². The number of imidazole rings is 1. The van der Waals surface area contributed by atoms with Crippen LogP contribution in [0.5, 0.6) is 0 Å². The van der Waals surface area contributed by atoms with Crippen LogP contribution in [-0.2, 0) is 6.54 Å². The van der Waals surface area contributed by atoms with Crippen molar-refractivity contribution in [1.82, 2.24) is 24.4 Å². The van der Waals surface area contributed by atoms with E-state index in [2.05, 4.69) is 51.5 Å². The van der Waals surface area contributed by atoms with E-state index in [-0.39, 0.29) is 0 Å². The third kappa shape index (κ3) is 3.68. The molecule has 0 N–H and O–H groups in total. The first-order valence-electron chi connectivity index (χ1n) is 8.19. The average molecular weight is 321 g/mol. The van der Waals surface area contributed by atoms with Gasteiger partial charge in [0.15, 0.2) is 5.82 Å². The van der Waals surface area contributed by atoms with E-state index in [1.807, 2.05) is 43.0 Å². The number of hydrogen-bond acceptors (Lipinski definition) is 4. The summed E-state index contributed by atoms with van der Waals surface area (Å²) in [5.41, 5.74) is 3.19. The molecule has 2 heterocycles. The van der Waals surface area contributed by atoms with Crippen LogP contribution in [-0.4, -0.2) is 45.1 Å². The summed E-state index contributed by atoms with van der Waals surface area (Å²) in [7, 11) is 4.18. The summed E-state index contributed by atoms with van der Waals surface area (Å²) in [4.78, 5) is 15.8. The number of hydrogen-bond donors (Lipinski definition) is 0. The van der Waals surface area contributed by atoms with Gasteiger partial charge < -0.3 is 9.47 Å². The van der Waals surface area contributed by atoms with Crippen molar-refractivity contribution < 1.29 is 0 Å². The second-order valence-electron chi connectivity index (χ2n) is 6.21. The lowest BCUT2D eigenvalue weighted by atomic mass is 10.1. The molecular formula is C19H23N5. The van der Waals surface area contributed by atoms with Crippen molar-refractivity contribution in [2.24, 2.45) is 0 Å². The largest absolute Gasteiger partial charge is 0.331 e. The van der Waals surface area contributed by atoms with Crippen LogP contribution in [0.3, 0.4) is 0 Å². The summed E-state index contributed by atoms with van der Waals surface area (Å²) < 4.78 is 2.16. The van der Waals surface area contributed by atoms with Gasteiger partial charge in [-0.15, -0.1) is 0 Å². The molecule has 0 aliphatic carbocycles. The molecule has 124 valence electrons. The minimum atomic E-state index is 0.752. The van der Waals surface area contributed by atoms with Crippen LogP contribution < -0.4 is 0 Å². The highest BCUT2D eigenvalue weighted by atomic mass is 15.1. The van der Waals surface area contributed by atoms with Gasteiger partial charge in [0.05, 0.1) is 5.56 Å². The lowest BCUT2D eigenvalue weighted by Crippen LogP contribution is -2.15. The van der Waals surface area contributed by atoms with Gasteiger partial charge in [0, 0.05) is 36.9 Å². The van der Waals surface area contributed by atoms with Crippen molar-refractivity contribution >= 4 is 0 Å². The molecule has 0 radical (unpaired) electrons. The van der Waals surface area contributed by atoms with Crippen molar-refractivity contribution in [2.45, 2.75) is 19.9 Å². The Labute approximate surface area is 143 Å². The second kappa shape index (κ2) is 7.36. The van der Waals surface area contributed by atoms with Gasteiger partial charge in [-0.25, -0.2) is 15.0 Å². The quantitative estimate of drug-likeness (QED) is 0.699. The summed E-state index contributed by atoms with van der Waals surface area (Å²) in [6.07, 6.45) is 8.65. The van der Waals surface area contributed by atoms with Gasteiger partial charge in [-0.3, -0.25) is 0 Å². The molecular weight excluding hydrogens is 298 g/mol. The Balaban J connectivity index is 1.79. The molecule has 1 aromatic carbocycles. The van der Waals surface area contributed by atoms with E-state index in [4.69, 9.17) is 0 Å². The van der Waals surface area contributed by atoms with Gasteiger partial charge in [-0.2, -0.15) is 0 Å². The first kappa shape index (κ1) is 16.3. The molecule has 2 aromatic heterocycles. The molecule has 5 heteroatoms. The van der Waals surface area contributed by atoms with Crippen molar-refractivity contribution in [1.29, 1.82) is 0 Å². The lowest BCUT2D eigenvalue weighted by molar-refractivity contribution is 0.387. The number of benzene rings is 1. The SMILES string of the molecule is Cc1ccccc1-c1ncc(-c2nccn2CCCN(C)C)cn1. The Morgan fingerprint density at radius 1 is 1.04 bits per heavy atom. The molecule has 0 bridgehead atoms. The standard InChI is InChI=1S/C19H23N5/c1-15-7-4-5-8-17(15)18-21-13-16(14-22-18)19-20-9-12-24(19)11-6-10-23(2)3/h4-5,7-9,12-14H,6,10-11H2,1-3H3. The molecule has 0 aliphatic heterocycles. The molecule has 0 aliphatic rings. The molecule has 0 unspecified atom stereocenters. The third-order valence-corrected chi connectivity index (χ3v) is 4.02. The number of aryl methyl sites for hydroxylation is 2. The van der Waals surface area contributed by atoms with Crippen LogP contribution in [0.2, 0.25) is 0 Å². The zero-order chi connectivity index (χ0) is 16.9. The molecule has 0 saturated carbocycles. The minimum absolute atomic E-state index is 0.752. The molecule has 24 heavy (non-hydrogen) atoms. The predicted octanol–water partition coefficient (Wildman–Crippen LogP) is 3.27. The van der Waals surface area contributed by atoms with Crippen molar-refractivity contribution in [2.75, 3.05) is 20.6 Å². The van der Waals surface area contributed by atoms with E-state index < -0.39 is 0 Å². The van der Waals surface area contributed by atoms with Crippen LogP contribution >= 0.6 is 0 Å². The fraction of sp³-hybridized carbons (Fsp3) is 0.316. The van der Waals surface area contributed by atoms with E-state index in [1.54, 1.807) is 0 Å². The van der Waals surface area contributed by atoms with Crippen LogP contribution in [0.15, 0.2) is 49.1 Å². The highest BCUT2D eigenvalue weighted by molar-refractivity contribution is 5.61. The van der Waals surface area contributed by atoms with E-state index in [1.165, 1.54) is 5.56 Å². The van der Waals surface area contributed by atoms with E-state index in [0.717, 1.165) is 42.3 Å². The summed E-state index contributed by atoms with van der Waals surface area (Å²) in [5, 5.41) is 0. The Hall–Kier alpha value is -2.53. The average Bonchev–Trinajstić information content (AvgIpc) is 3.04. The highest BCUT2D eigenvalue weighted by Gasteiger charge is 2.09. The highest BCUT2D eigenvalue weighted by Crippen LogP contribution is 2.21. The van der Waals surface area contributed by atoms with Crippen LogP contribution in [0.25, 0.3) is 22.8 Å². The zero-order valence-corrected chi connectivity index (χ0v) is 14.5.